The molecule has 0 fully saturated rings. The van der Waals surface area contributed by atoms with Gasteiger partial charge in [-0.3, -0.25) is 0 Å². The lowest BCUT2D eigenvalue weighted by molar-refractivity contribution is 0.223. The van der Waals surface area contributed by atoms with Crippen molar-refractivity contribution in [3.05, 3.63) is 42.0 Å². The van der Waals surface area contributed by atoms with Crippen molar-refractivity contribution in [2.45, 2.75) is 20.4 Å². The average molecular weight is 461 g/mol. The number of ether oxygens (including phenoxy) is 4. The molecule has 6 nitrogen and oxygen atoms in total. The summed E-state index contributed by atoms with van der Waals surface area (Å²) in [5.41, 5.74) is 2.05. The summed E-state index contributed by atoms with van der Waals surface area (Å²) in [6, 6.07) is 11.9. The molecular weight excluding hydrogens is 427 g/mol. The van der Waals surface area contributed by atoms with Gasteiger partial charge in [0.15, 0.2) is 11.5 Å². The Morgan fingerprint density at radius 1 is 0.833 bits per heavy atom. The topological polar surface area (TPSA) is 52.2 Å². The Hall–Kier alpha value is -2.02. The fourth-order valence-electron chi connectivity index (χ4n) is 2.94. The number of methoxy groups -OCH3 is 3. The third-order valence-corrected chi connectivity index (χ3v) is 4.65. The predicted molar refractivity (Wildman–Crippen MR) is 128 cm³/mol. The first-order valence-electron chi connectivity index (χ1n) is 9.63. The van der Waals surface area contributed by atoms with Crippen molar-refractivity contribution in [1.82, 2.24) is 4.90 Å². The Bertz CT molecular complexity index is 701. The van der Waals surface area contributed by atoms with Gasteiger partial charge in [-0.1, -0.05) is 13.8 Å². The van der Waals surface area contributed by atoms with Crippen LogP contribution in [0.4, 0.5) is 5.69 Å². The zero-order valence-electron chi connectivity index (χ0n) is 18.4. The van der Waals surface area contributed by atoms with Crippen molar-refractivity contribution in [2.75, 3.05) is 52.9 Å². The van der Waals surface area contributed by atoms with E-state index in [0.29, 0.717) is 30.4 Å². The maximum absolute atomic E-state index is 5.83. The summed E-state index contributed by atoms with van der Waals surface area (Å²) in [5, 5.41) is 3.41. The summed E-state index contributed by atoms with van der Waals surface area (Å²) >= 11 is 0. The molecule has 0 unspecified atom stereocenters. The van der Waals surface area contributed by atoms with E-state index >= 15 is 0 Å². The van der Waals surface area contributed by atoms with Crippen LogP contribution in [0.2, 0.25) is 0 Å². The van der Waals surface area contributed by atoms with Crippen molar-refractivity contribution in [2.24, 2.45) is 0 Å². The number of benzene rings is 2. The lowest BCUT2D eigenvalue weighted by atomic mass is 10.1. The molecule has 30 heavy (non-hydrogen) atoms. The lowest BCUT2D eigenvalue weighted by Crippen LogP contribution is -2.27. The maximum atomic E-state index is 5.83. The third kappa shape index (κ3) is 8.01. The predicted octanol–water partition coefficient (Wildman–Crippen LogP) is 4.89. The lowest BCUT2D eigenvalue weighted by Gasteiger charge is -2.18. The molecule has 8 heteroatoms. The van der Waals surface area contributed by atoms with Gasteiger partial charge in [0.1, 0.15) is 12.4 Å². The van der Waals surface area contributed by atoms with Gasteiger partial charge in [-0.2, -0.15) is 0 Å². The monoisotopic (exact) mass is 460 g/mol. The van der Waals surface area contributed by atoms with Gasteiger partial charge in [-0.05, 0) is 55.1 Å². The zero-order chi connectivity index (χ0) is 20.4. The first-order chi connectivity index (χ1) is 13.6. The molecule has 0 amide bonds. The van der Waals surface area contributed by atoms with E-state index in [1.54, 1.807) is 21.3 Å². The maximum Gasteiger partial charge on any atom is 0.203 e. The van der Waals surface area contributed by atoms with E-state index in [-0.39, 0.29) is 24.8 Å². The molecule has 0 aliphatic rings. The molecule has 170 valence electrons. The normalized spacial score (nSPS) is 9.93. The van der Waals surface area contributed by atoms with E-state index in [1.807, 2.05) is 36.4 Å². The molecule has 0 saturated heterocycles. The van der Waals surface area contributed by atoms with E-state index < -0.39 is 0 Å². The largest absolute Gasteiger partial charge is 0.493 e. The van der Waals surface area contributed by atoms with Gasteiger partial charge in [0.25, 0.3) is 0 Å². The fourth-order valence-corrected chi connectivity index (χ4v) is 2.94. The fraction of sp³-hybridized carbons (Fsp3) is 0.455. The SMILES string of the molecule is CCN(CC)CCOc1ccc(NCc2cc(OC)c(OC)c(OC)c2)cc1.Cl.Cl. The minimum Gasteiger partial charge on any atom is -0.493 e. The van der Waals surface area contributed by atoms with Gasteiger partial charge in [0.05, 0.1) is 21.3 Å². The van der Waals surface area contributed by atoms with Gasteiger partial charge >= 0.3 is 0 Å². The first kappa shape index (κ1) is 28.0. The van der Waals surface area contributed by atoms with Crippen molar-refractivity contribution in [3.8, 4) is 23.0 Å². The number of likely N-dealkylation sites (N-methyl/N-ethyl adjacent to an activating group) is 1. The average Bonchev–Trinajstić information content (AvgIpc) is 2.75. The second kappa shape index (κ2) is 14.9. The third-order valence-electron chi connectivity index (χ3n) is 4.65. The molecule has 2 aromatic rings. The van der Waals surface area contributed by atoms with Crippen molar-refractivity contribution < 1.29 is 18.9 Å². The molecule has 1 N–H and O–H groups in total. The first-order valence-corrected chi connectivity index (χ1v) is 9.63. The van der Waals surface area contributed by atoms with Crippen LogP contribution in [-0.4, -0.2) is 52.5 Å². The van der Waals surface area contributed by atoms with Crippen LogP contribution in [0.1, 0.15) is 19.4 Å². The van der Waals surface area contributed by atoms with Crippen LogP contribution < -0.4 is 24.3 Å². The van der Waals surface area contributed by atoms with Crippen LogP contribution in [0.15, 0.2) is 36.4 Å². The van der Waals surface area contributed by atoms with Crippen LogP contribution in [0, 0.1) is 0 Å². The summed E-state index contributed by atoms with van der Waals surface area (Å²) in [6.07, 6.45) is 0. The van der Waals surface area contributed by atoms with Gasteiger partial charge in [0, 0.05) is 18.8 Å². The van der Waals surface area contributed by atoms with Gasteiger partial charge in [-0.15, -0.1) is 24.8 Å². The Kier molecular flexibility index (Phi) is 13.9. The summed E-state index contributed by atoms with van der Waals surface area (Å²) in [5.74, 6) is 2.77. The Morgan fingerprint density at radius 3 is 1.87 bits per heavy atom. The molecule has 0 saturated carbocycles. The van der Waals surface area contributed by atoms with Gasteiger partial charge in [0.2, 0.25) is 5.75 Å². The minimum absolute atomic E-state index is 0. The van der Waals surface area contributed by atoms with Crippen LogP contribution in [-0.2, 0) is 6.54 Å². The molecule has 0 aromatic heterocycles. The van der Waals surface area contributed by atoms with Gasteiger partial charge < -0.3 is 29.2 Å². The minimum atomic E-state index is 0. The van der Waals surface area contributed by atoms with Crippen molar-refractivity contribution in [1.29, 1.82) is 0 Å². The van der Waals surface area contributed by atoms with Crippen LogP contribution >= 0.6 is 24.8 Å². The highest BCUT2D eigenvalue weighted by Gasteiger charge is 2.13. The smallest absolute Gasteiger partial charge is 0.203 e. The van der Waals surface area contributed by atoms with Gasteiger partial charge in [-0.25, -0.2) is 0 Å². The second-order valence-electron chi connectivity index (χ2n) is 6.29. The highest BCUT2D eigenvalue weighted by atomic mass is 35.5. The molecule has 0 aliphatic carbocycles. The number of anilines is 1. The standard InChI is InChI=1S/C22H32N2O4.2ClH/c1-6-24(7-2)12-13-28-19-10-8-18(9-11-19)23-16-17-14-20(25-3)22(27-5)21(15-17)26-4;;/h8-11,14-15,23H,6-7,12-13,16H2,1-5H3;2*1H. The van der Waals surface area contributed by atoms with E-state index in [2.05, 4.69) is 24.1 Å². The second-order valence-corrected chi connectivity index (χ2v) is 6.29. The van der Waals surface area contributed by atoms with Crippen LogP contribution in [0.5, 0.6) is 23.0 Å². The number of hydrogen-bond donors (Lipinski definition) is 1. The molecule has 0 atom stereocenters. The number of nitrogens with zero attached hydrogens (tertiary/aromatic N) is 1. The van der Waals surface area contributed by atoms with Crippen LogP contribution in [0.3, 0.4) is 0 Å². The number of halogens is 2. The van der Waals surface area contributed by atoms with Crippen molar-refractivity contribution >= 4 is 30.5 Å². The van der Waals surface area contributed by atoms with E-state index in [4.69, 9.17) is 18.9 Å². The number of rotatable bonds is 12. The molecule has 0 heterocycles. The summed E-state index contributed by atoms with van der Waals surface area (Å²) < 4.78 is 22.0. The Morgan fingerprint density at radius 2 is 1.40 bits per heavy atom. The molecule has 0 spiro atoms. The Balaban J connectivity index is 0.00000420. The van der Waals surface area contributed by atoms with Crippen molar-refractivity contribution in [3.63, 3.8) is 0 Å². The summed E-state index contributed by atoms with van der Waals surface area (Å²) in [7, 11) is 4.84. The van der Waals surface area contributed by atoms with E-state index in [1.165, 1.54) is 0 Å². The Labute approximate surface area is 192 Å². The highest BCUT2D eigenvalue weighted by Crippen LogP contribution is 2.38. The molecule has 0 radical (unpaired) electrons. The number of hydrogen-bond acceptors (Lipinski definition) is 6. The molecule has 2 aromatic carbocycles. The zero-order valence-corrected chi connectivity index (χ0v) is 20.0. The molecular formula is C22H34Cl2N2O4. The summed E-state index contributed by atoms with van der Waals surface area (Å²) in [4.78, 5) is 2.34. The summed E-state index contributed by atoms with van der Waals surface area (Å²) in [6.45, 7) is 8.69. The molecule has 0 bridgehead atoms. The van der Waals surface area contributed by atoms with E-state index in [0.717, 1.165) is 36.6 Å². The quantitative estimate of drug-likeness (QED) is 0.486. The van der Waals surface area contributed by atoms with Crippen LogP contribution in [0.25, 0.3) is 0 Å². The molecule has 2 rings (SSSR count). The number of nitrogens with one attached hydrogen (secondary N) is 1. The highest BCUT2D eigenvalue weighted by molar-refractivity contribution is 5.85. The van der Waals surface area contributed by atoms with E-state index in [9.17, 15) is 0 Å². The molecule has 0 aliphatic heterocycles.